The Morgan fingerprint density at radius 1 is 0.420 bits per heavy atom. The fourth-order valence-electron chi connectivity index (χ4n) is 9.30. The monoisotopic (exact) mass is 1130 g/mol. The van der Waals surface area contributed by atoms with Crippen LogP contribution in [0.4, 0.5) is 0 Å². The van der Waals surface area contributed by atoms with Gasteiger partial charge in [-0.2, -0.15) is 0 Å². The summed E-state index contributed by atoms with van der Waals surface area (Å²) in [6.45, 7) is 5.73. The lowest BCUT2D eigenvalue weighted by Crippen LogP contribution is -2.61. The maximum atomic E-state index is 13.2. The summed E-state index contributed by atoms with van der Waals surface area (Å²) in [5, 5.41) is 31.6. The lowest BCUT2D eigenvalue weighted by molar-refractivity contribution is -0.301. The van der Waals surface area contributed by atoms with Crippen molar-refractivity contribution >= 4 is 23.9 Å². The molecule has 0 saturated carbocycles. The summed E-state index contributed by atoms with van der Waals surface area (Å²) >= 11 is 0. The van der Waals surface area contributed by atoms with Crippen molar-refractivity contribution in [1.29, 1.82) is 0 Å². The number of unbranched alkanes of at least 4 members (excludes halogenated alkanes) is 24. The predicted molar refractivity (Wildman–Crippen MR) is 331 cm³/mol. The highest BCUT2D eigenvalue weighted by atomic mass is 16.7. The van der Waals surface area contributed by atoms with Crippen LogP contribution in [0.2, 0.25) is 0 Å². The zero-order valence-corrected chi connectivity index (χ0v) is 51.0. The van der Waals surface area contributed by atoms with Gasteiger partial charge in [-0.05, 0) is 89.9 Å². The third-order valence-electron chi connectivity index (χ3n) is 14.2. The SMILES string of the molecule is CC/C=C\C/C=C\C/C=C\C/C=C\C/C=C\CCCC(=O)OCC(COC1OC(C(=O)O)C(O)C(O)C1OC(=O)CCCCCCCCCCCCCCCCCCCCC)OC(=O)CCCCCCC/C=C\C/C=C\C/C=C\CC. The molecule has 0 aromatic heterocycles. The van der Waals surface area contributed by atoms with Crippen LogP contribution in [-0.2, 0) is 42.9 Å². The van der Waals surface area contributed by atoms with Crippen LogP contribution >= 0.6 is 0 Å². The van der Waals surface area contributed by atoms with Gasteiger partial charge in [-0.1, -0.05) is 253 Å². The van der Waals surface area contributed by atoms with Gasteiger partial charge in [-0.3, -0.25) is 14.4 Å². The van der Waals surface area contributed by atoms with E-state index in [0.29, 0.717) is 25.7 Å². The van der Waals surface area contributed by atoms with E-state index in [-0.39, 0.29) is 25.9 Å². The van der Waals surface area contributed by atoms with Crippen LogP contribution in [0, 0.1) is 0 Å². The van der Waals surface area contributed by atoms with Crippen molar-refractivity contribution < 1.29 is 58.2 Å². The number of carbonyl (C=O) groups is 4. The summed E-state index contributed by atoms with van der Waals surface area (Å²) < 4.78 is 28.4. The van der Waals surface area contributed by atoms with Gasteiger partial charge in [0.2, 0.25) is 0 Å². The molecular formula is C69H114O12. The largest absolute Gasteiger partial charge is 0.479 e. The number of rotatable bonds is 54. The van der Waals surface area contributed by atoms with Gasteiger partial charge in [-0.25, -0.2) is 4.79 Å². The second-order valence-electron chi connectivity index (χ2n) is 21.6. The minimum Gasteiger partial charge on any atom is -0.479 e. The number of carbonyl (C=O) groups excluding carboxylic acids is 3. The summed E-state index contributed by atoms with van der Waals surface area (Å²) in [5.41, 5.74) is 0. The number of aliphatic hydroxyl groups excluding tert-OH is 2. The molecule has 0 aromatic carbocycles. The number of ether oxygens (including phenoxy) is 5. The van der Waals surface area contributed by atoms with Crippen molar-refractivity contribution in [2.45, 2.75) is 302 Å². The first-order chi connectivity index (χ1) is 39.6. The Labute approximate surface area is 492 Å². The number of hydrogen-bond donors (Lipinski definition) is 3. The van der Waals surface area contributed by atoms with Crippen LogP contribution in [0.3, 0.4) is 0 Å². The van der Waals surface area contributed by atoms with E-state index in [1.807, 2.05) is 6.08 Å². The molecule has 12 nitrogen and oxygen atoms in total. The number of hydrogen-bond acceptors (Lipinski definition) is 11. The molecule has 0 amide bonds. The molecule has 3 N–H and O–H groups in total. The van der Waals surface area contributed by atoms with Crippen LogP contribution in [0.5, 0.6) is 0 Å². The summed E-state index contributed by atoms with van der Waals surface area (Å²) in [6, 6.07) is 0. The number of aliphatic carboxylic acids is 1. The van der Waals surface area contributed by atoms with Crippen LogP contribution in [0.15, 0.2) is 97.2 Å². The van der Waals surface area contributed by atoms with Crippen LogP contribution < -0.4 is 0 Å². The molecule has 81 heavy (non-hydrogen) atoms. The van der Waals surface area contributed by atoms with Gasteiger partial charge in [0, 0.05) is 19.3 Å². The number of carboxylic acid groups (broad SMARTS) is 1. The first-order valence-electron chi connectivity index (χ1n) is 32.2. The first-order valence-corrected chi connectivity index (χ1v) is 32.2. The Bertz CT molecular complexity index is 1780. The van der Waals surface area contributed by atoms with Crippen molar-refractivity contribution in [3.05, 3.63) is 97.2 Å². The quantitative estimate of drug-likeness (QED) is 0.0228. The summed E-state index contributed by atoms with van der Waals surface area (Å²) in [6.07, 6.45) is 62.3. The van der Waals surface area contributed by atoms with Gasteiger partial charge in [0.25, 0.3) is 0 Å². The average molecular weight is 1140 g/mol. The Kier molecular flexibility index (Phi) is 51.7. The highest BCUT2D eigenvalue weighted by Gasteiger charge is 2.50. The van der Waals surface area contributed by atoms with Crippen LogP contribution in [0.25, 0.3) is 0 Å². The number of aliphatic hydroxyl groups is 2. The smallest absolute Gasteiger partial charge is 0.335 e. The standard InChI is InChI=1S/C69H114O12/c1-4-7-10-13-16-19-22-25-28-30-31-33-36-39-42-45-48-51-54-57-63(72)80-67-65(74)64(73)66(68(75)76)81-69(67)78-59-60(79-62(71)56-53-50-47-44-41-38-34-27-24-21-18-15-12-9-6-3)58-77-61(70)55-52-49-46-43-40-37-35-32-29-26-23-20-17-14-11-8-5-2/h8-9,11-12,17-18,20-21,26-27,29,34-35,37,43,46,60,64-67,69,73-74H,4-7,10,13-16,19,22-25,28,30-33,36,38-42,44-45,47-59H2,1-3H3,(H,75,76)/b11-8-,12-9-,20-17-,21-18-,29-26-,34-27-,37-35-,46-43-. The van der Waals surface area contributed by atoms with E-state index in [1.54, 1.807) is 0 Å². The summed E-state index contributed by atoms with van der Waals surface area (Å²) in [7, 11) is 0. The van der Waals surface area contributed by atoms with E-state index in [2.05, 4.69) is 112 Å². The average Bonchev–Trinajstić information content (AvgIpc) is 3.53. The Hall–Kier alpha value is -4.36. The molecule has 12 heteroatoms. The van der Waals surface area contributed by atoms with E-state index in [9.17, 15) is 34.5 Å². The lowest BCUT2D eigenvalue weighted by Gasteiger charge is -2.40. The molecule has 6 atom stereocenters. The molecule has 0 radical (unpaired) electrons. The van der Waals surface area contributed by atoms with E-state index in [1.165, 1.54) is 89.9 Å². The molecule has 462 valence electrons. The van der Waals surface area contributed by atoms with Gasteiger partial charge in [0.15, 0.2) is 24.6 Å². The number of allylic oxidation sites excluding steroid dienone is 16. The second-order valence-corrected chi connectivity index (χ2v) is 21.6. The maximum Gasteiger partial charge on any atom is 0.335 e. The minimum absolute atomic E-state index is 0.0526. The summed E-state index contributed by atoms with van der Waals surface area (Å²) in [4.78, 5) is 51.3. The molecule has 1 saturated heterocycles. The minimum atomic E-state index is -1.92. The van der Waals surface area contributed by atoms with Crippen molar-refractivity contribution in [3.8, 4) is 0 Å². The topological polar surface area (TPSA) is 175 Å². The fraction of sp³-hybridized carbons (Fsp3) is 0.710. The predicted octanol–water partition coefficient (Wildman–Crippen LogP) is 17.2. The molecular weight excluding hydrogens is 1020 g/mol. The van der Waals surface area contributed by atoms with E-state index in [4.69, 9.17) is 23.7 Å². The number of esters is 3. The van der Waals surface area contributed by atoms with Crippen molar-refractivity contribution in [2.75, 3.05) is 13.2 Å². The van der Waals surface area contributed by atoms with Gasteiger partial charge in [-0.15, -0.1) is 0 Å². The highest BCUT2D eigenvalue weighted by Crippen LogP contribution is 2.27. The Morgan fingerprint density at radius 3 is 1.22 bits per heavy atom. The van der Waals surface area contributed by atoms with Crippen LogP contribution in [0.1, 0.15) is 265 Å². The molecule has 1 heterocycles. The van der Waals surface area contributed by atoms with Crippen molar-refractivity contribution in [1.82, 2.24) is 0 Å². The lowest BCUT2D eigenvalue weighted by atomic mass is 9.98. The molecule has 1 fully saturated rings. The maximum absolute atomic E-state index is 13.2. The molecule has 1 aliphatic rings. The molecule has 0 spiro atoms. The van der Waals surface area contributed by atoms with Gasteiger partial charge in [0.1, 0.15) is 18.8 Å². The molecule has 0 bridgehead atoms. The first kappa shape index (κ1) is 74.7. The third kappa shape index (κ3) is 45.8. The Morgan fingerprint density at radius 2 is 0.790 bits per heavy atom. The third-order valence-corrected chi connectivity index (χ3v) is 14.2. The second kappa shape index (κ2) is 56.1. The van der Waals surface area contributed by atoms with E-state index in [0.717, 1.165) is 109 Å². The molecule has 1 aliphatic heterocycles. The van der Waals surface area contributed by atoms with Gasteiger partial charge >= 0.3 is 23.9 Å². The van der Waals surface area contributed by atoms with Crippen LogP contribution in [-0.4, -0.2) is 89.2 Å². The Balaban J connectivity index is 2.69. The van der Waals surface area contributed by atoms with Crippen molar-refractivity contribution in [2.24, 2.45) is 0 Å². The molecule has 1 rings (SSSR count). The molecule has 6 unspecified atom stereocenters. The van der Waals surface area contributed by atoms with E-state index < -0.39 is 67.3 Å². The zero-order valence-electron chi connectivity index (χ0n) is 51.0. The normalized spacial score (nSPS) is 18.4. The zero-order chi connectivity index (χ0) is 58.9. The summed E-state index contributed by atoms with van der Waals surface area (Å²) in [5.74, 6) is -3.22. The number of carboxylic acids is 1. The van der Waals surface area contributed by atoms with E-state index >= 15 is 0 Å². The van der Waals surface area contributed by atoms with Crippen molar-refractivity contribution in [3.63, 3.8) is 0 Å². The molecule has 0 aromatic rings. The fourth-order valence-corrected chi connectivity index (χ4v) is 9.30. The van der Waals surface area contributed by atoms with Gasteiger partial charge in [0.05, 0.1) is 6.61 Å². The van der Waals surface area contributed by atoms with Gasteiger partial charge < -0.3 is 39.0 Å². The highest BCUT2D eigenvalue weighted by molar-refractivity contribution is 5.74. The molecule has 0 aliphatic carbocycles.